The van der Waals surface area contributed by atoms with Gasteiger partial charge < -0.3 is 19.7 Å². The number of ether oxygens (including phenoxy) is 2. The minimum atomic E-state index is -4.48. The molecule has 0 saturated heterocycles. The third kappa shape index (κ3) is 8.97. The van der Waals surface area contributed by atoms with Gasteiger partial charge in [0.2, 0.25) is 11.8 Å². The third-order valence-corrected chi connectivity index (χ3v) is 9.87. The molecule has 0 aliphatic heterocycles. The zero-order valence-corrected chi connectivity index (χ0v) is 29.0. The molecule has 2 amide bonds. The van der Waals surface area contributed by atoms with Crippen molar-refractivity contribution in [2.24, 2.45) is 0 Å². The van der Waals surface area contributed by atoms with Crippen molar-refractivity contribution >= 4 is 50.7 Å². The average molecular weight is 717 g/mol. The van der Waals surface area contributed by atoms with Crippen LogP contribution in [0.4, 0.5) is 10.1 Å². The number of hydrogen-bond acceptors (Lipinski definition) is 6. The molecule has 48 heavy (non-hydrogen) atoms. The SMILES string of the molecule is CCCNC(=O)C(Cc1ccccc1)N(Cc1ccc(Cl)cc1Cl)C(=O)CN(c1ccc(F)cc1)S(=O)(=O)c1ccc(OC)c(OC)c1. The highest BCUT2D eigenvalue weighted by Crippen LogP contribution is 2.33. The van der Waals surface area contributed by atoms with Crippen LogP contribution in [-0.2, 0) is 32.6 Å². The van der Waals surface area contributed by atoms with Crippen molar-refractivity contribution in [3.8, 4) is 11.5 Å². The molecule has 0 aliphatic rings. The molecule has 1 unspecified atom stereocenters. The molecule has 4 rings (SSSR count). The maximum atomic E-state index is 14.5. The Bertz CT molecular complexity index is 1830. The van der Waals surface area contributed by atoms with Crippen molar-refractivity contribution < 1.29 is 31.9 Å². The van der Waals surface area contributed by atoms with Crippen LogP contribution in [0.25, 0.3) is 0 Å². The smallest absolute Gasteiger partial charge is 0.264 e. The second-order valence-electron chi connectivity index (χ2n) is 10.8. The molecule has 9 nitrogen and oxygen atoms in total. The first-order chi connectivity index (χ1) is 23.0. The van der Waals surface area contributed by atoms with Crippen LogP contribution in [0.3, 0.4) is 0 Å². The minimum Gasteiger partial charge on any atom is -0.493 e. The highest BCUT2D eigenvalue weighted by atomic mass is 35.5. The minimum absolute atomic E-state index is 0.0269. The molecule has 0 aromatic heterocycles. The van der Waals surface area contributed by atoms with Crippen LogP contribution in [0.15, 0.2) is 95.9 Å². The number of carbonyl (C=O) groups is 2. The van der Waals surface area contributed by atoms with Crippen LogP contribution in [-0.4, -0.2) is 58.5 Å². The second-order valence-corrected chi connectivity index (χ2v) is 13.5. The lowest BCUT2D eigenvalue weighted by Gasteiger charge is -2.34. The lowest BCUT2D eigenvalue weighted by atomic mass is 10.0. The normalized spacial score (nSPS) is 11.8. The van der Waals surface area contributed by atoms with Gasteiger partial charge in [-0.2, -0.15) is 0 Å². The summed E-state index contributed by atoms with van der Waals surface area (Å²) < 4.78 is 54.0. The second kappa shape index (κ2) is 16.7. The van der Waals surface area contributed by atoms with Crippen molar-refractivity contribution in [1.29, 1.82) is 0 Å². The van der Waals surface area contributed by atoms with Crippen molar-refractivity contribution in [1.82, 2.24) is 10.2 Å². The van der Waals surface area contributed by atoms with Gasteiger partial charge in [0.1, 0.15) is 18.4 Å². The topological polar surface area (TPSA) is 105 Å². The summed E-state index contributed by atoms with van der Waals surface area (Å²) in [5.41, 5.74) is 1.30. The summed E-state index contributed by atoms with van der Waals surface area (Å²) >= 11 is 12.7. The molecule has 0 heterocycles. The molecule has 4 aromatic rings. The summed E-state index contributed by atoms with van der Waals surface area (Å²) in [6.45, 7) is 1.39. The van der Waals surface area contributed by atoms with Crippen LogP contribution < -0.4 is 19.1 Å². The van der Waals surface area contributed by atoms with E-state index in [9.17, 15) is 22.4 Å². The predicted molar refractivity (Wildman–Crippen MR) is 185 cm³/mol. The maximum absolute atomic E-state index is 14.5. The Morgan fingerprint density at radius 3 is 2.21 bits per heavy atom. The number of benzene rings is 4. The van der Waals surface area contributed by atoms with E-state index in [1.807, 2.05) is 37.3 Å². The zero-order chi connectivity index (χ0) is 34.8. The molecule has 254 valence electrons. The van der Waals surface area contributed by atoms with Gasteiger partial charge in [0.15, 0.2) is 11.5 Å². The highest BCUT2D eigenvalue weighted by molar-refractivity contribution is 7.92. The van der Waals surface area contributed by atoms with Gasteiger partial charge in [0, 0.05) is 35.6 Å². The summed E-state index contributed by atoms with van der Waals surface area (Å²) in [6, 6.07) is 21.6. The van der Waals surface area contributed by atoms with Gasteiger partial charge in [-0.1, -0.05) is 66.5 Å². The number of halogens is 3. The van der Waals surface area contributed by atoms with Gasteiger partial charge >= 0.3 is 0 Å². The molecule has 1 atom stereocenters. The third-order valence-electron chi connectivity index (χ3n) is 7.51. The van der Waals surface area contributed by atoms with Gasteiger partial charge in [-0.15, -0.1) is 0 Å². The van der Waals surface area contributed by atoms with Gasteiger partial charge in [0.05, 0.1) is 24.8 Å². The number of sulfonamides is 1. The number of nitrogens with zero attached hydrogens (tertiary/aromatic N) is 2. The fourth-order valence-corrected chi connectivity index (χ4v) is 6.89. The monoisotopic (exact) mass is 715 g/mol. The molecule has 13 heteroatoms. The molecule has 4 aromatic carbocycles. The summed E-state index contributed by atoms with van der Waals surface area (Å²) in [5, 5.41) is 3.53. The molecule has 0 aliphatic carbocycles. The van der Waals surface area contributed by atoms with Crippen molar-refractivity contribution in [3.05, 3.63) is 118 Å². The molecule has 0 fully saturated rings. The summed E-state index contributed by atoms with van der Waals surface area (Å²) in [5.74, 6) is -1.27. The molecule has 0 bridgehead atoms. The van der Waals surface area contributed by atoms with E-state index in [1.54, 1.807) is 12.1 Å². The van der Waals surface area contributed by atoms with E-state index in [4.69, 9.17) is 32.7 Å². The van der Waals surface area contributed by atoms with E-state index in [-0.39, 0.29) is 34.3 Å². The Morgan fingerprint density at radius 2 is 1.58 bits per heavy atom. The first kappa shape index (κ1) is 36.5. The molecular formula is C35H36Cl2FN3O6S. The molecule has 0 saturated carbocycles. The Balaban J connectivity index is 1.83. The summed E-state index contributed by atoms with van der Waals surface area (Å²) in [7, 11) is -1.69. The Morgan fingerprint density at radius 1 is 0.896 bits per heavy atom. The number of hydrogen-bond donors (Lipinski definition) is 1. The van der Waals surface area contributed by atoms with Gasteiger partial charge in [-0.05, 0) is 66.1 Å². The molecular weight excluding hydrogens is 680 g/mol. The van der Waals surface area contributed by atoms with Gasteiger partial charge in [-0.25, -0.2) is 12.8 Å². The van der Waals surface area contributed by atoms with Crippen LogP contribution in [0.1, 0.15) is 24.5 Å². The first-order valence-corrected chi connectivity index (χ1v) is 17.2. The van der Waals surface area contributed by atoms with Crippen LogP contribution in [0.2, 0.25) is 10.0 Å². The van der Waals surface area contributed by atoms with E-state index >= 15 is 0 Å². The Kier molecular flexibility index (Phi) is 12.7. The van der Waals surface area contributed by atoms with Crippen molar-refractivity contribution in [2.75, 3.05) is 31.6 Å². The Labute approximate surface area is 290 Å². The quantitative estimate of drug-likeness (QED) is 0.151. The number of amides is 2. The average Bonchev–Trinajstić information content (AvgIpc) is 3.08. The van der Waals surface area contributed by atoms with E-state index in [2.05, 4.69) is 5.32 Å². The molecule has 0 spiro atoms. The lowest BCUT2D eigenvalue weighted by Crippen LogP contribution is -2.53. The fraction of sp³-hybridized carbons (Fsp3) is 0.257. The van der Waals surface area contributed by atoms with Crippen molar-refractivity contribution in [3.63, 3.8) is 0 Å². The predicted octanol–water partition coefficient (Wildman–Crippen LogP) is 6.51. The molecule has 1 N–H and O–H groups in total. The van der Waals surface area contributed by atoms with E-state index in [1.165, 1.54) is 55.5 Å². The Hall–Kier alpha value is -4.32. The van der Waals surface area contributed by atoms with E-state index in [0.29, 0.717) is 29.3 Å². The van der Waals surface area contributed by atoms with E-state index in [0.717, 1.165) is 22.0 Å². The van der Waals surface area contributed by atoms with Gasteiger partial charge in [0.25, 0.3) is 10.0 Å². The van der Waals surface area contributed by atoms with Crippen LogP contribution in [0.5, 0.6) is 11.5 Å². The standard InChI is InChI=1S/C35H36Cl2FN3O6S/c1-4-18-39-35(43)31(19-24-8-6-5-7-9-24)40(22-25-10-11-26(36)20-30(25)37)34(42)23-41(28-14-12-27(38)13-15-28)48(44,45)29-16-17-32(46-2)33(21-29)47-3/h5-17,20-21,31H,4,18-19,22-23H2,1-3H3,(H,39,43). The van der Waals surface area contributed by atoms with Gasteiger partial charge in [-0.3, -0.25) is 13.9 Å². The molecule has 0 radical (unpaired) electrons. The van der Waals surface area contributed by atoms with Crippen LogP contribution in [0, 0.1) is 5.82 Å². The van der Waals surface area contributed by atoms with E-state index < -0.39 is 40.2 Å². The zero-order valence-electron chi connectivity index (χ0n) is 26.7. The highest BCUT2D eigenvalue weighted by Gasteiger charge is 2.35. The maximum Gasteiger partial charge on any atom is 0.264 e. The largest absolute Gasteiger partial charge is 0.493 e. The number of nitrogens with one attached hydrogen (secondary N) is 1. The lowest BCUT2D eigenvalue weighted by molar-refractivity contribution is -0.140. The van der Waals surface area contributed by atoms with Crippen LogP contribution >= 0.6 is 23.2 Å². The first-order valence-electron chi connectivity index (χ1n) is 15.0. The number of carbonyl (C=O) groups excluding carboxylic acids is 2. The fourth-order valence-electron chi connectivity index (χ4n) is 4.99. The number of rotatable bonds is 15. The number of anilines is 1. The summed E-state index contributed by atoms with van der Waals surface area (Å²) in [4.78, 5) is 29.4. The van der Waals surface area contributed by atoms with Crippen molar-refractivity contribution in [2.45, 2.75) is 37.2 Å². The number of methoxy groups -OCH3 is 2. The summed E-state index contributed by atoms with van der Waals surface area (Å²) in [6.07, 6.45) is 0.787.